The topological polar surface area (TPSA) is 50.2 Å². The Morgan fingerprint density at radius 2 is 2.00 bits per heavy atom. The summed E-state index contributed by atoms with van der Waals surface area (Å²) in [6.45, 7) is 1.87. The van der Waals surface area contributed by atoms with Crippen LogP contribution in [0.3, 0.4) is 0 Å². The molecule has 20 heavy (non-hydrogen) atoms. The molecule has 4 heteroatoms. The smallest absolute Gasteiger partial charge is 0.336 e. The van der Waals surface area contributed by atoms with Crippen LogP contribution in [-0.2, 0) is 11.2 Å². The SMILES string of the molecule is CCc1cc(F)ccc1C(=Cc1ccncc1)C(=O)O. The van der Waals surface area contributed by atoms with E-state index in [1.165, 1.54) is 18.2 Å². The van der Waals surface area contributed by atoms with Crippen molar-refractivity contribution >= 4 is 17.6 Å². The number of carboxylic acid groups (broad SMARTS) is 1. The molecule has 0 aliphatic carbocycles. The molecule has 0 saturated heterocycles. The summed E-state index contributed by atoms with van der Waals surface area (Å²) in [5.74, 6) is -1.40. The highest BCUT2D eigenvalue weighted by Gasteiger charge is 2.14. The Bertz CT molecular complexity index is 651. The van der Waals surface area contributed by atoms with Crippen LogP contribution in [0.2, 0.25) is 0 Å². The van der Waals surface area contributed by atoms with Crippen molar-refractivity contribution in [1.82, 2.24) is 4.98 Å². The van der Waals surface area contributed by atoms with Gasteiger partial charge in [-0.1, -0.05) is 13.0 Å². The lowest BCUT2D eigenvalue weighted by molar-refractivity contribution is -0.130. The van der Waals surface area contributed by atoms with Crippen LogP contribution in [0.4, 0.5) is 4.39 Å². The van der Waals surface area contributed by atoms with E-state index in [9.17, 15) is 14.3 Å². The molecule has 0 radical (unpaired) electrons. The summed E-state index contributed by atoms with van der Waals surface area (Å²) < 4.78 is 13.3. The molecule has 0 unspecified atom stereocenters. The Morgan fingerprint density at radius 1 is 1.30 bits per heavy atom. The minimum atomic E-state index is -1.04. The number of hydrogen-bond acceptors (Lipinski definition) is 2. The first-order chi connectivity index (χ1) is 9.61. The van der Waals surface area contributed by atoms with E-state index in [1.807, 2.05) is 6.92 Å². The highest BCUT2D eigenvalue weighted by molar-refractivity contribution is 6.21. The van der Waals surface area contributed by atoms with Crippen molar-refractivity contribution in [2.75, 3.05) is 0 Å². The maximum Gasteiger partial charge on any atom is 0.336 e. The fourth-order valence-electron chi connectivity index (χ4n) is 2.00. The number of rotatable bonds is 4. The Morgan fingerprint density at radius 3 is 2.60 bits per heavy atom. The van der Waals surface area contributed by atoms with Gasteiger partial charge >= 0.3 is 5.97 Å². The van der Waals surface area contributed by atoms with Crippen LogP contribution in [0.5, 0.6) is 0 Å². The van der Waals surface area contributed by atoms with Gasteiger partial charge in [0.15, 0.2) is 0 Å². The average molecular weight is 271 g/mol. The number of aliphatic carboxylic acids is 1. The summed E-state index contributed by atoms with van der Waals surface area (Å²) in [6, 6.07) is 7.60. The van der Waals surface area contributed by atoms with Crippen molar-refractivity contribution in [3.05, 3.63) is 65.2 Å². The molecule has 2 aromatic rings. The minimum absolute atomic E-state index is 0.146. The predicted molar refractivity (Wildman–Crippen MR) is 75.5 cm³/mol. The Kier molecular flexibility index (Phi) is 4.25. The zero-order valence-electron chi connectivity index (χ0n) is 11.0. The molecular weight excluding hydrogens is 257 g/mol. The molecule has 1 N–H and O–H groups in total. The first-order valence-corrected chi connectivity index (χ1v) is 6.25. The Balaban J connectivity index is 2.55. The zero-order valence-corrected chi connectivity index (χ0v) is 11.0. The quantitative estimate of drug-likeness (QED) is 0.867. The molecule has 0 bridgehead atoms. The van der Waals surface area contributed by atoms with E-state index in [1.54, 1.807) is 30.6 Å². The van der Waals surface area contributed by atoms with Gasteiger partial charge in [0, 0.05) is 12.4 Å². The van der Waals surface area contributed by atoms with Gasteiger partial charge < -0.3 is 5.11 Å². The van der Waals surface area contributed by atoms with Gasteiger partial charge in [0.2, 0.25) is 0 Å². The lowest BCUT2D eigenvalue weighted by Crippen LogP contribution is -2.03. The third kappa shape index (κ3) is 3.09. The Labute approximate surface area is 116 Å². The fourth-order valence-corrected chi connectivity index (χ4v) is 2.00. The predicted octanol–water partition coefficient (Wildman–Crippen LogP) is 3.41. The highest BCUT2D eigenvalue weighted by atomic mass is 19.1. The summed E-state index contributed by atoms with van der Waals surface area (Å²) in [4.78, 5) is 15.4. The molecule has 3 nitrogen and oxygen atoms in total. The number of halogens is 1. The second kappa shape index (κ2) is 6.10. The lowest BCUT2D eigenvalue weighted by atomic mass is 9.96. The summed E-state index contributed by atoms with van der Waals surface area (Å²) in [5.41, 5.74) is 2.10. The maximum absolute atomic E-state index is 13.3. The number of pyridine rings is 1. The molecule has 0 amide bonds. The molecule has 0 aliphatic heterocycles. The van der Waals surface area contributed by atoms with Crippen molar-refractivity contribution in [2.45, 2.75) is 13.3 Å². The van der Waals surface area contributed by atoms with Gasteiger partial charge in [0.1, 0.15) is 5.82 Å². The monoisotopic (exact) mass is 271 g/mol. The fraction of sp³-hybridized carbons (Fsp3) is 0.125. The molecular formula is C16H14FNO2. The number of aryl methyl sites for hydroxylation is 1. The number of hydrogen-bond donors (Lipinski definition) is 1. The first-order valence-electron chi connectivity index (χ1n) is 6.25. The van der Waals surface area contributed by atoms with Crippen LogP contribution < -0.4 is 0 Å². The minimum Gasteiger partial charge on any atom is -0.478 e. The Hall–Kier alpha value is -2.49. The summed E-state index contributed by atoms with van der Waals surface area (Å²) in [6.07, 6.45) is 5.32. The third-order valence-electron chi connectivity index (χ3n) is 2.99. The summed E-state index contributed by atoms with van der Waals surface area (Å²) in [5, 5.41) is 9.40. The van der Waals surface area contributed by atoms with Crippen LogP contribution in [0.1, 0.15) is 23.6 Å². The maximum atomic E-state index is 13.3. The number of aromatic nitrogens is 1. The van der Waals surface area contributed by atoms with Gasteiger partial charge in [0.25, 0.3) is 0 Å². The summed E-state index contributed by atoms with van der Waals surface area (Å²) in [7, 11) is 0. The zero-order chi connectivity index (χ0) is 14.5. The van der Waals surface area contributed by atoms with E-state index < -0.39 is 5.97 Å². The number of carbonyl (C=O) groups is 1. The second-order valence-electron chi connectivity index (χ2n) is 4.30. The van der Waals surface area contributed by atoms with E-state index in [0.717, 1.165) is 5.56 Å². The van der Waals surface area contributed by atoms with Crippen LogP contribution in [-0.4, -0.2) is 16.1 Å². The third-order valence-corrected chi connectivity index (χ3v) is 2.99. The largest absolute Gasteiger partial charge is 0.478 e. The molecule has 0 atom stereocenters. The van der Waals surface area contributed by atoms with Crippen molar-refractivity contribution in [3.8, 4) is 0 Å². The molecule has 1 heterocycles. The van der Waals surface area contributed by atoms with Crippen LogP contribution in [0.25, 0.3) is 11.6 Å². The lowest BCUT2D eigenvalue weighted by Gasteiger charge is -2.09. The van der Waals surface area contributed by atoms with Gasteiger partial charge in [-0.05, 0) is 53.5 Å². The molecule has 0 aliphatic rings. The molecule has 1 aromatic carbocycles. The van der Waals surface area contributed by atoms with E-state index in [2.05, 4.69) is 4.98 Å². The molecule has 2 rings (SSSR count). The summed E-state index contributed by atoms with van der Waals surface area (Å²) >= 11 is 0. The molecule has 0 saturated carbocycles. The molecule has 1 aromatic heterocycles. The molecule has 0 spiro atoms. The van der Waals surface area contributed by atoms with Crippen molar-refractivity contribution < 1.29 is 14.3 Å². The second-order valence-corrected chi connectivity index (χ2v) is 4.30. The number of carboxylic acids is 1. The van der Waals surface area contributed by atoms with Gasteiger partial charge in [-0.15, -0.1) is 0 Å². The average Bonchev–Trinajstić information content (AvgIpc) is 2.46. The van der Waals surface area contributed by atoms with Crippen molar-refractivity contribution in [2.24, 2.45) is 0 Å². The first kappa shape index (κ1) is 13.9. The van der Waals surface area contributed by atoms with E-state index in [-0.39, 0.29) is 11.4 Å². The van der Waals surface area contributed by atoms with Gasteiger partial charge in [-0.25, -0.2) is 9.18 Å². The van der Waals surface area contributed by atoms with Crippen LogP contribution >= 0.6 is 0 Å². The van der Waals surface area contributed by atoms with Crippen molar-refractivity contribution in [3.63, 3.8) is 0 Å². The van der Waals surface area contributed by atoms with Crippen LogP contribution in [0, 0.1) is 5.82 Å². The van der Waals surface area contributed by atoms with E-state index in [4.69, 9.17) is 0 Å². The highest BCUT2D eigenvalue weighted by Crippen LogP contribution is 2.23. The van der Waals surface area contributed by atoms with Crippen LogP contribution in [0.15, 0.2) is 42.7 Å². The van der Waals surface area contributed by atoms with Crippen molar-refractivity contribution in [1.29, 1.82) is 0 Å². The van der Waals surface area contributed by atoms with Gasteiger partial charge in [-0.3, -0.25) is 4.98 Å². The number of nitrogens with zero attached hydrogens (tertiary/aromatic N) is 1. The van der Waals surface area contributed by atoms with E-state index in [0.29, 0.717) is 17.5 Å². The molecule has 0 fully saturated rings. The van der Waals surface area contributed by atoms with Gasteiger partial charge in [-0.2, -0.15) is 0 Å². The standard InChI is InChI=1S/C16H14FNO2/c1-2-12-10-13(17)3-4-14(12)15(16(19)20)9-11-5-7-18-8-6-11/h3-10H,2H2,1H3,(H,19,20). The normalized spacial score (nSPS) is 11.4. The van der Waals surface area contributed by atoms with E-state index >= 15 is 0 Å². The van der Waals surface area contributed by atoms with Gasteiger partial charge in [0.05, 0.1) is 5.57 Å². The molecule has 102 valence electrons. The number of benzene rings is 1.